The van der Waals surface area contributed by atoms with Gasteiger partial charge in [-0.15, -0.1) is 0 Å². The van der Waals surface area contributed by atoms with E-state index in [1.807, 2.05) is 31.2 Å². The first-order chi connectivity index (χ1) is 19.1. The van der Waals surface area contributed by atoms with E-state index >= 15 is 0 Å². The van der Waals surface area contributed by atoms with Crippen LogP contribution in [-0.4, -0.2) is 69.7 Å². The van der Waals surface area contributed by atoms with Crippen molar-refractivity contribution in [1.82, 2.24) is 20.9 Å². The molecule has 5 atom stereocenters. The Kier molecular flexibility index (Phi) is 10.8. The third kappa shape index (κ3) is 7.90. The first-order valence-electron chi connectivity index (χ1n) is 13.2. The van der Waals surface area contributed by atoms with Crippen molar-refractivity contribution >= 4 is 34.6 Å². The number of para-hydroxylation sites is 1. The van der Waals surface area contributed by atoms with Crippen LogP contribution in [0.15, 0.2) is 60.8 Å². The lowest BCUT2D eigenvalue weighted by Gasteiger charge is -2.27. The van der Waals surface area contributed by atoms with Crippen LogP contribution >= 0.6 is 0 Å². The van der Waals surface area contributed by atoms with Gasteiger partial charge in [-0.3, -0.25) is 14.4 Å². The third-order valence-corrected chi connectivity index (χ3v) is 6.96. The number of amides is 3. The molecule has 1 aromatic heterocycles. The van der Waals surface area contributed by atoms with E-state index in [4.69, 9.17) is 5.73 Å². The van der Waals surface area contributed by atoms with E-state index in [1.54, 1.807) is 43.5 Å². The Balaban J connectivity index is 1.65. The SMILES string of the molecule is CCC(C)C(NC(=O)C(N)Cc1c[nH]c2ccccc12)C(=O)NC(CO)C(=O)NC(Cc1ccccc1)C(=O)O. The molecule has 0 bridgehead atoms. The van der Waals surface area contributed by atoms with Gasteiger partial charge in [-0.05, 0) is 29.5 Å². The lowest BCUT2D eigenvalue weighted by molar-refractivity contribution is -0.142. The predicted molar refractivity (Wildman–Crippen MR) is 150 cm³/mol. The number of carbonyl (C=O) groups excluding carboxylic acids is 3. The van der Waals surface area contributed by atoms with Gasteiger partial charge in [0.1, 0.15) is 18.1 Å². The number of carboxylic acids is 1. The quantitative estimate of drug-likeness (QED) is 0.155. The minimum absolute atomic E-state index is 0.0217. The van der Waals surface area contributed by atoms with Crippen molar-refractivity contribution < 1.29 is 29.4 Å². The zero-order valence-electron chi connectivity index (χ0n) is 22.6. The molecule has 8 N–H and O–H groups in total. The van der Waals surface area contributed by atoms with Crippen LogP contribution in [0.3, 0.4) is 0 Å². The summed E-state index contributed by atoms with van der Waals surface area (Å²) in [4.78, 5) is 53.9. The van der Waals surface area contributed by atoms with Crippen molar-refractivity contribution in [2.45, 2.75) is 57.3 Å². The van der Waals surface area contributed by atoms with Crippen LogP contribution < -0.4 is 21.7 Å². The van der Waals surface area contributed by atoms with Gasteiger partial charge in [-0.1, -0.05) is 68.8 Å². The maximum Gasteiger partial charge on any atom is 0.326 e. The summed E-state index contributed by atoms with van der Waals surface area (Å²) in [5.41, 5.74) is 8.68. The molecule has 0 saturated heterocycles. The highest BCUT2D eigenvalue weighted by molar-refractivity contribution is 5.94. The zero-order valence-corrected chi connectivity index (χ0v) is 22.6. The van der Waals surface area contributed by atoms with E-state index in [1.165, 1.54) is 0 Å². The number of aromatic amines is 1. The van der Waals surface area contributed by atoms with Gasteiger partial charge < -0.3 is 36.9 Å². The number of aromatic nitrogens is 1. The summed E-state index contributed by atoms with van der Waals surface area (Å²) in [7, 11) is 0. The first kappa shape index (κ1) is 30.3. The number of aliphatic hydroxyl groups is 1. The molecule has 0 saturated carbocycles. The number of benzene rings is 2. The van der Waals surface area contributed by atoms with Gasteiger partial charge in [0.2, 0.25) is 17.7 Å². The van der Waals surface area contributed by atoms with E-state index in [0.717, 1.165) is 16.5 Å². The number of aliphatic hydroxyl groups excluding tert-OH is 1. The second kappa shape index (κ2) is 14.2. The molecular formula is C29H37N5O6. The lowest BCUT2D eigenvalue weighted by atomic mass is 9.97. The number of carboxylic acid groups (broad SMARTS) is 1. The monoisotopic (exact) mass is 551 g/mol. The summed E-state index contributed by atoms with van der Waals surface area (Å²) in [6.45, 7) is 2.85. The Hall–Kier alpha value is -4.22. The predicted octanol–water partition coefficient (Wildman–Crippen LogP) is 0.858. The number of aliphatic carboxylic acids is 1. The number of H-pyrrole nitrogens is 1. The molecule has 0 aliphatic rings. The first-order valence-corrected chi connectivity index (χ1v) is 13.2. The van der Waals surface area contributed by atoms with Crippen molar-refractivity contribution in [1.29, 1.82) is 0 Å². The van der Waals surface area contributed by atoms with E-state index in [0.29, 0.717) is 12.0 Å². The molecule has 11 heteroatoms. The Morgan fingerprint density at radius 1 is 0.875 bits per heavy atom. The van der Waals surface area contributed by atoms with Crippen LogP contribution in [0, 0.1) is 5.92 Å². The maximum atomic E-state index is 13.2. The fourth-order valence-electron chi connectivity index (χ4n) is 4.37. The minimum Gasteiger partial charge on any atom is -0.480 e. The summed E-state index contributed by atoms with van der Waals surface area (Å²) in [5, 5.41) is 27.9. The van der Waals surface area contributed by atoms with E-state index in [9.17, 15) is 29.4 Å². The molecule has 3 amide bonds. The van der Waals surface area contributed by atoms with Crippen molar-refractivity contribution in [2.24, 2.45) is 11.7 Å². The number of carbonyl (C=O) groups is 4. The standard InChI is InChI=1S/C29H37N5O6/c1-3-17(2)25(34-26(36)21(30)14-19-15-31-22-12-8-7-11-20(19)22)28(38)33-24(16-35)27(37)32-23(29(39)40)13-18-9-5-4-6-10-18/h4-12,15,17,21,23-25,31,35H,3,13-14,16,30H2,1-2H3,(H,32,37)(H,33,38)(H,34,36)(H,39,40). The highest BCUT2D eigenvalue weighted by Crippen LogP contribution is 2.19. The van der Waals surface area contributed by atoms with E-state index in [-0.39, 0.29) is 18.8 Å². The highest BCUT2D eigenvalue weighted by atomic mass is 16.4. The van der Waals surface area contributed by atoms with Crippen molar-refractivity contribution in [3.05, 3.63) is 71.9 Å². The normalized spacial score (nSPS) is 14.9. The van der Waals surface area contributed by atoms with Crippen molar-refractivity contribution in [3.8, 4) is 0 Å². The second-order valence-electron chi connectivity index (χ2n) is 9.87. The van der Waals surface area contributed by atoms with Crippen LogP contribution in [0.2, 0.25) is 0 Å². The van der Waals surface area contributed by atoms with Crippen LogP contribution in [-0.2, 0) is 32.0 Å². The summed E-state index contributed by atoms with van der Waals surface area (Å²) < 4.78 is 0. The lowest BCUT2D eigenvalue weighted by Crippen LogP contribution is -2.59. The van der Waals surface area contributed by atoms with Gasteiger partial charge in [0, 0.05) is 23.5 Å². The number of hydrogen-bond donors (Lipinski definition) is 7. The Bertz CT molecular complexity index is 1310. The average molecular weight is 552 g/mol. The number of rotatable bonds is 14. The van der Waals surface area contributed by atoms with Crippen LogP contribution in [0.25, 0.3) is 10.9 Å². The van der Waals surface area contributed by atoms with E-state index in [2.05, 4.69) is 20.9 Å². The Morgan fingerprint density at radius 3 is 2.17 bits per heavy atom. The number of nitrogens with two attached hydrogens (primary N) is 1. The maximum absolute atomic E-state index is 13.2. The number of fused-ring (bicyclic) bond motifs is 1. The largest absolute Gasteiger partial charge is 0.480 e. The van der Waals surface area contributed by atoms with Gasteiger partial charge in [0.05, 0.1) is 12.6 Å². The Morgan fingerprint density at radius 2 is 1.52 bits per heavy atom. The zero-order chi connectivity index (χ0) is 29.2. The van der Waals surface area contributed by atoms with Crippen molar-refractivity contribution in [3.63, 3.8) is 0 Å². The van der Waals surface area contributed by atoms with Crippen LogP contribution in [0.4, 0.5) is 0 Å². The molecule has 0 aliphatic carbocycles. The summed E-state index contributed by atoms with van der Waals surface area (Å²) >= 11 is 0. The minimum atomic E-state index is -1.42. The third-order valence-electron chi connectivity index (χ3n) is 6.96. The Labute approximate surface area is 232 Å². The van der Waals surface area contributed by atoms with Gasteiger partial charge in [0.25, 0.3) is 0 Å². The van der Waals surface area contributed by atoms with E-state index < -0.39 is 54.5 Å². The summed E-state index contributed by atoms with van der Waals surface area (Å²) in [6, 6.07) is 11.7. The molecule has 0 radical (unpaired) electrons. The van der Waals surface area contributed by atoms with Crippen LogP contribution in [0.1, 0.15) is 31.4 Å². The number of nitrogens with one attached hydrogen (secondary N) is 4. The molecule has 0 aliphatic heterocycles. The average Bonchev–Trinajstić information content (AvgIpc) is 3.36. The van der Waals surface area contributed by atoms with Gasteiger partial charge in [0.15, 0.2) is 0 Å². The summed E-state index contributed by atoms with van der Waals surface area (Å²) in [6.07, 6.45) is 2.59. The molecule has 2 aromatic carbocycles. The molecule has 3 aromatic rings. The highest BCUT2D eigenvalue weighted by Gasteiger charge is 2.32. The molecule has 5 unspecified atom stereocenters. The molecule has 40 heavy (non-hydrogen) atoms. The van der Waals surface area contributed by atoms with Gasteiger partial charge in [-0.25, -0.2) is 4.79 Å². The molecule has 1 heterocycles. The fraction of sp³-hybridized carbons (Fsp3) is 0.379. The molecular weight excluding hydrogens is 514 g/mol. The van der Waals surface area contributed by atoms with Crippen molar-refractivity contribution in [2.75, 3.05) is 6.61 Å². The molecule has 11 nitrogen and oxygen atoms in total. The van der Waals surface area contributed by atoms with Crippen LogP contribution in [0.5, 0.6) is 0 Å². The smallest absolute Gasteiger partial charge is 0.326 e. The number of hydrogen-bond acceptors (Lipinski definition) is 6. The topological polar surface area (TPSA) is 187 Å². The van der Waals surface area contributed by atoms with Gasteiger partial charge >= 0.3 is 5.97 Å². The molecule has 3 rings (SSSR count). The summed E-state index contributed by atoms with van der Waals surface area (Å²) in [5.74, 6) is -3.66. The van der Waals surface area contributed by atoms with Gasteiger partial charge in [-0.2, -0.15) is 0 Å². The molecule has 0 spiro atoms. The molecule has 214 valence electrons. The molecule has 0 fully saturated rings. The fourth-order valence-corrected chi connectivity index (χ4v) is 4.37. The second-order valence-corrected chi connectivity index (χ2v) is 9.87.